The molecule has 7 rings (SSSR count). The van der Waals surface area contributed by atoms with Gasteiger partial charge in [-0.05, 0) is 36.4 Å². The van der Waals surface area contributed by atoms with Crippen LogP contribution in [0, 0.1) is 0 Å². The van der Waals surface area contributed by atoms with Gasteiger partial charge in [0, 0.05) is 25.3 Å². The number of benzene rings is 7. The lowest BCUT2D eigenvalue weighted by Gasteiger charge is -2.44. The second kappa shape index (κ2) is 18.7. The molecular weight excluding hydrogens is 889 g/mol. The molecule has 0 aromatic heterocycles. The van der Waals surface area contributed by atoms with Gasteiger partial charge in [-0.1, -0.05) is 150 Å². The fraction of sp³-hybridized carbons (Fsp3) is 0.143. The van der Waals surface area contributed by atoms with Crippen LogP contribution in [0.15, 0.2) is 192 Å². The Kier molecular flexibility index (Phi) is 13.8. The lowest BCUT2D eigenvalue weighted by Crippen LogP contribution is -2.74. The van der Waals surface area contributed by atoms with E-state index in [4.69, 9.17) is 0 Å². The standard InChI is InChI=1S/C28H16BF12.C21H22NOS/c30-25(31,32)17-1-9-21(10-2-17)29(22-11-3-18(4-12-22)26(33,34)35,23-13-5-19(6-14-23)27(36,37)38)24-15-7-20(8-16-24)28(39,40)41;1-22(2)19-15-13-18(14-16-19)17-24(23,20-9-5-3-6-10-20)21-11-7-4-8-12-21/h1-16H;3-16H,17H2,1-2H3/q-1;+1. The van der Waals surface area contributed by atoms with Crippen LogP contribution in [0.3, 0.4) is 0 Å². The van der Waals surface area contributed by atoms with Gasteiger partial charge in [-0.25, -0.2) is 0 Å². The van der Waals surface area contributed by atoms with Crippen molar-refractivity contribution in [2.75, 3.05) is 19.0 Å². The minimum atomic E-state index is -4.77. The second-order valence-electron chi connectivity index (χ2n) is 15.4. The first-order valence-corrected chi connectivity index (χ1v) is 21.4. The summed E-state index contributed by atoms with van der Waals surface area (Å²) in [6.07, 6.45) is -22.0. The molecule has 0 saturated carbocycles. The van der Waals surface area contributed by atoms with E-state index < -0.39 is 63.0 Å². The highest BCUT2D eigenvalue weighted by Crippen LogP contribution is 2.35. The number of halogens is 12. The first-order chi connectivity index (χ1) is 30.4. The van der Waals surface area contributed by atoms with Gasteiger partial charge in [0.2, 0.25) is 0 Å². The van der Waals surface area contributed by atoms with E-state index in [-0.39, 0.29) is 21.9 Å². The summed E-state index contributed by atoms with van der Waals surface area (Å²) in [6, 6.07) is 41.4. The normalized spacial score (nSPS) is 12.6. The number of rotatable bonds is 9. The second-order valence-corrected chi connectivity index (χ2v) is 17.9. The maximum absolute atomic E-state index is 14.0. The lowest BCUT2D eigenvalue weighted by atomic mass is 9.13. The van der Waals surface area contributed by atoms with Crippen molar-refractivity contribution < 1.29 is 56.9 Å². The fourth-order valence-electron chi connectivity index (χ4n) is 7.71. The van der Waals surface area contributed by atoms with Crippen LogP contribution < -0.4 is 26.8 Å². The summed E-state index contributed by atoms with van der Waals surface area (Å²) >= 11 is 0. The van der Waals surface area contributed by atoms with Crippen molar-refractivity contribution in [3.8, 4) is 0 Å². The Bertz CT molecular complexity index is 2400. The van der Waals surface area contributed by atoms with Crippen LogP contribution in [0.4, 0.5) is 58.4 Å². The molecule has 0 aliphatic rings. The zero-order valence-electron chi connectivity index (χ0n) is 34.4. The van der Waals surface area contributed by atoms with E-state index in [1.165, 1.54) is 0 Å². The molecule has 338 valence electrons. The average Bonchev–Trinajstić information content (AvgIpc) is 3.27. The Labute approximate surface area is 368 Å². The summed E-state index contributed by atoms with van der Waals surface area (Å²) in [5.41, 5.74) is -2.07. The topological polar surface area (TPSA) is 20.3 Å². The smallest absolute Gasteiger partial charge is 0.378 e. The van der Waals surface area contributed by atoms with Gasteiger partial charge in [-0.3, -0.25) is 0 Å². The van der Waals surface area contributed by atoms with E-state index in [2.05, 4.69) is 29.2 Å². The number of hydrogen-bond acceptors (Lipinski definition) is 2. The molecule has 0 aliphatic heterocycles. The van der Waals surface area contributed by atoms with Crippen molar-refractivity contribution in [2.45, 2.75) is 40.2 Å². The Morgan fingerprint density at radius 3 is 0.877 bits per heavy atom. The molecule has 0 saturated heterocycles. The van der Waals surface area contributed by atoms with E-state index in [1.807, 2.05) is 74.8 Å². The van der Waals surface area contributed by atoms with E-state index in [0.717, 1.165) is 69.6 Å². The molecule has 65 heavy (non-hydrogen) atoms. The molecule has 7 aromatic carbocycles. The number of hydrogen-bond donors (Lipinski definition) is 0. The third-order valence-corrected chi connectivity index (χ3v) is 13.8. The fourth-order valence-corrected chi connectivity index (χ4v) is 10.2. The summed E-state index contributed by atoms with van der Waals surface area (Å²) in [6.45, 7) is 0. The quantitative estimate of drug-likeness (QED) is 0.0817. The third kappa shape index (κ3) is 10.8. The molecular formula is C49H38BF12NOS. The van der Waals surface area contributed by atoms with Crippen LogP contribution in [0.2, 0.25) is 0 Å². The van der Waals surface area contributed by atoms with Crippen molar-refractivity contribution in [3.63, 3.8) is 0 Å². The first kappa shape index (κ1) is 48.2. The van der Waals surface area contributed by atoms with Gasteiger partial charge in [0.05, 0.1) is 22.3 Å². The number of alkyl halides is 12. The molecule has 0 spiro atoms. The van der Waals surface area contributed by atoms with E-state index in [0.29, 0.717) is 54.3 Å². The van der Waals surface area contributed by atoms with Gasteiger partial charge < -0.3 is 4.90 Å². The molecule has 0 bridgehead atoms. The van der Waals surface area contributed by atoms with Crippen molar-refractivity contribution in [2.24, 2.45) is 0 Å². The summed E-state index contributed by atoms with van der Waals surface area (Å²) in [5, 5.41) is 0. The highest BCUT2D eigenvalue weighted by atomic mass is 32.2. The summed E-state index contributed by atoms with van der Waals surface area (Å²) in [4.78, 5) is 3.83. The highest BCUT2D eigenvalue weighted by Gasteiger charge is 2.39. The monoisotopic (exact) mass is 927 g/mol. The lowest BCUT2D eigenvalue weighted by molar-refractivity contribution is -0.138. The Balaban J connectivity index is 0.000000247. The zero-order chi connectivity index (χ0) is 47.4. The largest absolute Gasteiger partial charge is 0.416 e. The molecule has 7 aromatic rings. The van der Waals surface area contributed by atoms with Crippen molar-refractivity contribution in [1.82, 2.24) is 0 Å². The first-order valence-electron chi connectivity index (χ1n) is 19.7. The van der Waals surface area contributed by atoms with Gasteiger partial charge >= 0.3 is 24.7 Å². The van der Waals surface area contributed by atoms with Crippen molar-refractivity contribution in [1.29, 1.82) is 0 Å². The summed E-state index contributed by atoms with van der Waals surface area (Å²) in [5.74, 6) is 0.509. The maximum Gasteiger partial charge on any atom is 0.416 e. The molecule has 0 N–H and O–H groups in total. The number of anilines is 1. The van der Waals surface area contributed by atoms with Crippen LogP contribution >= 0.6 is 0 Å². The van der Waals surface area contributed by atoms with E-state index in [1.54, 1.807) is 0 Å². The Hall–Kier alpha value is -6.29. The van der Waals surface area contributed by atoms with Gasteiger partial charge in [0.25, 0.3) is 0 Å². The molecule has 0 heterocycles. The Morgan fingerprint density at radius 2 is 0.646 bits per heavy atom. The van der Waals surface area contributed by atoms with Gasteiger partial charge in [0.1, 0.15) is 11.9 Å². The van der Waals surface area contributed by atoms with Crippen molar-refractivity contribution in [3.05, 3.63) is 210 Å². The molecule has 0 fully saturated rings. The van der Waals surface area contributed by atoms with Gasteiger partial charge in [0.15, 0.2) is 19.7 Å². The molecule has 0 unspecified atom stereocenters. The van der Waals surface area contributed by atoms with E-state index >= 15 is 0 Å². The molecule has 0 amide bonds. The average molecular weight is 928 g/mol. The number of nitrogens with zero attached hydrogens (tertiary/aromatic N) is 1. The van der Waals surface area contributed by atoms with Crippen LogP contribution in [-0.2, 0) is 44.6 Å². The predicted molar refractivity (Wildman–Crippen MR) is 232 cm³/mol. The zero-order valence-corrected chi connectivity index (χ0v) is 35.2. The molecule has 0 atom stereocenters. The molecule has 0 radical (unpaired) electrons. The molecule has 2 nitrogen and oxygen atoms in total. The van der Waals surface area contributed by atoms with Gasteiger partial charge in [-0.2, -0.15) is 74.5 Å². The summed E-state index contributed by atoms with van der Waals surface area (Å²) < 4.78 is 174. The minimum Gasteiger partial charge on any atom is -0.378 e. The van der Waals surface area contributed by atoms with Crippen molar-refractivity contribution >= 4 is 43.6 Å². The van der Waals surface area contributed by atoms with Crippen LogP contribution in [0.1, 0.15) is 27.8 Å². The van der Waals surface area contributed by atoms with Crippen LogP contribution in [0.25, 0.3) is 0 Å². The van der Waals surface area contributed by atoms with Gasteiger partial charge in [-0.15, -0.1) is 0 Å². The Morgan fingerprint density at radius 1 is 0.385 bits per heavy atom. The third-order valence-electron chi connectivity index (χ3n) is 11.0. The molecule has 16 heteroatoms. The molecule has 0 aliphatic carbocycles. The SMILES string of the molecule is CN(C)c1ccc(C[S+](=O)(c2ccccc2)c2ccccc2)cc1.FC(F)(F)c1ccc([B-](c2ccc(C(F)(F)F)cc2)(c2ccc(C(F)(F)F)cc2)c2ccc(C(F)(F)F)cc2)cc1. The van der Waals surface area contributed by atoms with Crippen LogP contribution in [0.5, 0.6) is 0 Å². The predicted octanol–water partition coefficient (Wildman–Crippen LogP) is 12.0. The van der Waals surface area contributed by atoms with E-state index in [9.17, 15) is 56.9 Å². The minimum absolute atomic E-state index is 0.0114. The van der Waals surface area contributed by atoms with Crippen LogP contribution in [-0.4, -0.2) is 20.2 Å². The maximum atomic E-state index is 14.0. The summed E-state index contributed by atoms with van der Waals surface area (Å²) in [7, 11) is 1.69. The highest BCUT2D eigenvalue weighted by molar-refractivity contribution is 8.02.